The topological polar surface area (TPSA) is 122 Å². The highest BCUT2D eigenvalue weighted by molar-refractivity contribution is 7.85. The minimum Gasteiger partial charge on any atom is -0.492 e. The number of fused-ring (bicyclic) bond motifs is 1. The minimum absolute atomic E-state index is 0.0740. The molecular formula is C22H28N6O3S. The summed E-state index contributed by atoms with van der Waals surface area (Å²) in [7, 11) is 0. The molecular weight excluding hydrogens is 428 g/mol. The number of nitrogens with one attached hydrogen (secondary N) is 2. The Morgan fingerprint density at radius 1 is 1.41 bits per heavy atom. The molecule has 2 atom stereocenters. The number of ether oxygens (including phenoxy) is 1. The molecule has 3 heterocycles. The van der Waals surface area contributed by atoms with Crippen LogP contribution in [0.1, 0.15) is 42.1 Å². The van der Waals surface area contributed by atoms with Crippen molar-refractivity contribution < 1.29 is 13.7 Å². The normalized spacial score (nSPS) is 20.0. The minimum atomic E-state index is -1.57. The summed E-state index contributed by atoms with van der Waals surface area (Å²) in [6.45, 7) is 4.87. The van der Waals surface area contributed by atoms with Gasteiger partial charge in [0.05, 0.1) is 17.9 Å². The Labute approximate surface area is 190 Å². The molecule has 0 bridgehead atoms. The van der Waals surface area contributed by atoms with Gasteiger partial charge in [0, 0.05) is 37.3 Å². The predicted molar refractivity (Wildman–Crippen MR) is 126 cm³/mol. The Balaban J connectivity index is 1.41. The van der Waals surface area contributed by atoms with Gasteiger partial charge in [0.15, 0.2) is 0 Å². The molecule has 0 saturated carbocycles. The number of amidine groups is 1. The molecule has 1 saturated heterocycles. The molecule has 4 rings (SSSR count). The fourth-order valence-corrected chi connectivity index (χ4v) is 4.62. The van der Waals surface area contributed by atoms with Crippen molar-refractivity contribution in [2.75, 3.05) is 35.9 Å². The quantitative estimate of drug-likeness (QED) is 0.587. The van der Waals surface area contributed by atoms with Gasteiger partial charge in [-0.15, -0.1) is 0 Å². The van der Waals surface area contributed by atoms with Crippen LogP contribution in [0.2, 0.25) is 0 Å². The highest BCUT2D eigenvalue weighted by atomic mass is 32.2. The fraction of sp³-hybridized carbons (Fsp3) is 0.409. The third-order valence-corrected chi connectivity index (χ3v) is 6.28. The number of carbonyl (C=O) groups is 1. The predicted octanol–water partition coefficient (Wildman–Crippen LogP) is 2.23. The van der Waals surface area contributed by atoms with Gasteiger partial charge in [0.1, 0.15) is 17.4 Å². The van der Waals surface area contributed by atoms with E-state index < -0.39 is 11.2 Å². The van der Waals surface area contributed by atoms with E-state index in [4.69, 9.17) is 10.5 Å². The van der Waals surface area contributed by atoms with Crippen LogP contribution in [-0.4, -0.2) is 47.2 Å². The second kappa shape index (κ2) is 9.99. The lowest BCUT2D eigenvalue weighted by atomic mass is 9.98. The van der Waals surface area contributed by atoms with Gasteiger partial charge in [0.25, 0.3) is 5.91 Å². The molecule has 1 amide bonds. The van der Waals surface area contributed by atoms with E-state index >= 15 is 0 Å². The second-order valence-electron chi connectivity index (χ2n) is 7.93. The number of anilines is 2. The van der Waals surface area contributed by atoms with Crippen LogP contribution in [0, 0.1) is 5.92 Å². The number of amides is 1. The van der Waals surface area contributed by atoms with Crippen molar-refractivity contribution in [2.45, 2.75) is 26.2 Å². The Morgan fingerprint density at radius 2 is 2.28 bits per heavy atom. The average molecular weight is 457 g/mol. The molecule has 32 heavy (non-hydrogen) atoms. The molecule has 1 fully saturated rings. The lowest BCUT2D eigenvalue weighted by Crippen LogP contribution is -2.38. The van der Waals surface area contributed by atoms with Crippen LogP contribution in [0.4, 0.5) is 11.5 Å². The smallest absolute Gasteiger partial charge is 0.251 e. The van der Waals surface area contributed by atoms with Crippen molar-refractivity contribution in [1.82, 2.24) is 10.3 Å². The number of hydrogen-bond donors (Lipinski definition) is 3. The summed E-state index contributed by atoms with van der Waals surface area (Å²) in [5.41, 5.74) is 7.92. The van der Waals surface area contributed by atoms with Gasteiger partial charge in [-0.2, -0.15) is 4.40 Å². The van der Waals surface area contributed by atoms with E-state index in [-0.39, 0.29) is 11.7 Å². The lowest BCUT2D eigenvalue weighted by Gasteiger charge is -2.33. The summed E-state index contributed by atoms with van der Waals surface area (Å²) in [6, 6.07) is 9.08. The van der Waals surface area contributed by atoms with Crippen LogP contribution in [0.5, 0.6) is 5.75 Å². The zero-order valence-electron chi connectivity index (χ0n) is 18.0. The van der Waals surface area contributed by atoms with Gasteiger partial charge in [-0.05, 0) is 43.5 Å². The number of nitrogens with zero attached hydrogens (tertiary/aromatic N) is 3. The van der Waals surface area contributed by atoms with Gasteiger partial charge in [0.2, 0.25) is 11.2 Å². The highest BCUT2D eigenvalue weighted by Crippen LogP contribution is 2.31. The number of piperidine rings is 1. The van der Waals surface area contributed by atoms with E-state index in [9.17, 15) is 9.00 Å². The van der Waals surface area contributed by atoms with E-state index in [2.05, 4.69) is 24.3 Å². The van der Waals surface area contributed by atoms with Crippen molar-refractivity contribution in [3.05, 3.63) is 47.7 Å². The van der Waals surface area contributed by atoms with Gasteiger partial charge < -0.3 is 20.7 Å². The zero-order valence-corrected chi connectivity index (χ0v) is 18.9. The van der Waals surface area contributed by atoms with Crippen LogP contribution in [0.15, 0.2) is 40.9 Å². The molecule has 4 N–H and O–H groups in total. The number of pyridine rings is 1. The third kappa shape index (κ3) is 5.01. The first kappa shape index (κ1) is 22.1. The molecule has 2 aliphatic rings. The van der Waals surface area contributed by atoms with Crippen molar-refractivity contribution in [1.29, 1.82) is 0 Å². The molecule has 2 aromatic rings. The molecule has 9 nitrogen and oxygen atoms in total. The number of benzene rings is 1. The zero-order chi connectivity index (χ0) is 22.5. The largest absolute Gasteiger partial charge is 0.492 e. The van der Waals surface area contributed by atoms with E-state index in [0.29, 0.717) is 41.6 Å². The second-order valence-corrected chi connectivity index (χ2v) is 8.82. The van der Waals surface area contributed by atoms with Crippen LogP contribution in [0.3, 0.4) is 0 Å². The summed E-state index contributed by atoms with van der Waals surface area (Å²) < 4.78 is 24.5. The van der Waals surface area contributed by atoms with E-state index in [1.807, 2.05) is 25.1 Å². The van der Waals surface area contributed by atoms with Crippen molar-refractivity contribution in [3.63, 3.8) is 0 Å². The molecule has 0 radical (unpaired) electrons. The van der Waals surface area contributed by atoms with Crippen molar-refractivity contribution in [2.24, 2.45) is 16.0 Å². The molecule has 2 aliphatic heterocycles. The number of carbonyl (C=O) groups excluding carboxylic acids is 1. The summed E-state index contributed by atoms with van der Waals surface area (Å²) in [5.74, 6) is 1.86. The number of hydrogen-bond acceptors (Lipinski definition) is 6. The Hall–Kier alpha value is -3.14. The Kier molecular flexibility index (Phi) is 6.89. The first-order valence-electron chi connectivity index (χ1n) is 10.8. The maximum Gasteiger partial charge on any atom is 0.251 e. The number of nitrogens with two attached hydrogens (primary N) is 1. The molecule has 0 spiro atoms. The van der Waals surface area contributed by atoms with Crippen LogP contribution < -0.4 is 25.4 Å². The van der Waals surface area contributed by atoms with Crippen LogP contribution >= 0.6 is 0 Å². The molecule has 2 unspecified atom stereocenters. The molecule has 10 heteroatoms. The van der Waals surface area contributed by atoms with Gasteiger partial charge in [-0.3, -0.25) is 9.52 Å². The SMILES string of the molecule is CCCNC(=O)c1ccnc(N2CCCC(COc3cccc4c3C(N)=NS(=O)N4)C2)c1. The molecule has 1 aromatic carbocycles. The van der Waals surface area contributed by atoms with Crippen LogP contribution in [0.25, 0.3) is 0 Å². The fourth-order valence-electron chi connectivity index (χ4n) is 3.94. The maximum absolute atomic E-state index is 12.3. The van der Waals surface area contributed by atoms with Crippen LogP contribution in [-0.2, 0) is 11.2 Å². The molecule has 170 valence electrons. The maximum atomic E-state index is 12.3. The first-order valence-corrected chi connectivity index (χ1v) is 11.9. The molecule has 1 aromatic heterocycles. The van der Waals surface area contributed by atoms with Gasteiger partial charge in [-0.25, -0.2) is 9.19 Å². The summed E-state index contributed by atoms with van der Waals surface area (Å²) in [5, 5.41) is 2.91. The Morgan fingerprint density at radius 3 is 3.12 bits per heavy atom. The first-order chi connectivity index (χ1) is 15.5. The monoisotopic (exact) mass is 456 g/mol. The summed E-state index contributed by atoms with van der Waals surface area (Å²) in [4.78, 5) is 19.0. The molecule has 0 aliphatic carbocycles. The van der Waals surface area contributed by atoms with E-state index in [0.717, 1.165) is 38.2 Å². The third-order valence-electron chi connectivity index (χ3n) is 5.52. The van der Waals surface area contributed by atoms with Crippen molar-refractivity contribution >= 4 is 34.4 Å². The number of rotatable bonds is 7. The van der Waals surface area contributed by atoms with Gasteiger partial charge >= 0.3 is 0 Å². The highest BCUT2D eigenvalue weighted by Gasteiger charge is 2.24. The standard InChI is InChI=1S/C22H28N6O3S/c1-2-9-25-22(29)16-8-10-24-19(12-16)28-11-4-5-15(13-28)14-31-18-7-3-6-17-20(18)21(23)27-32(30)26-17/h3,6-8,10,12,15,26H,2,4-5,9,11,13-14H2,1H3,(H2,23,27)(H,25,29). The summed E-state index contributed by atoms with van der Waals surface area (Å²) in [6.07, 6.45) is 4.63. The van der Waals surface area contributed by atoms with E-state index in [1.165, 1.54) is 0 Å². The van der Waals surface area contributed by atoms with Crippen molar-refractivity contribution in [3.8, 4) is 5.75 Å². The number of aromatic nitrogens is 1. The van der Waals surface area contributed by atoms with E-state index in [1.54, 1.807) is 18.3 Å². The summed E-state index contributed by atoms with van der Waals surface area (Å²) >= 11 is -1.57. The average Bonchev–Trinajstić information content (AvgIpc) is 2.81. The lowest BCUT2D eigenvalue weighted by molar-refractivity contribution is 0.0953. The van der Waals surface area contributed by atoms with Gasteiger partial charge in [-0.1, -0.05) is 13.0 Å². The Bertz CT molecular complexity index is 1040.